The number of carbonyl (C=O) groups excluding carboxylic acids is 1. The quantitative estimate of drug-likeness (QED) is 0.339. The third kappa shape index (κ3) is 5.96. The molecule has 0 bridgehead atoms. The molecule has 1 aliphatic heterocycles. The Kier molecular flexibility index (Phi) is 7.64. The minimum Gasteiger partial charge on any atom is -0.492 e. The number of nitrogens with zero attached hydrogens (tertiary/aromatic N) is 3. The monoisotopic (exact) mass is 483 g/mol. The molecule has 2 heterocycles. The molecule has 4 aromatic rings. The molecule has 3 aromatic carbocycles. The van der Waals surface area contributed by atoms with E-state index in [9.17, 15) is 4.79 Å². The zero-order valence-corrected chi connectivity index (χ0v) is 20.8. The summed E-state index contributed by atoms with van der Waals surface area (Å²) < 4.78 is 11.3. The van der Waals surface area contributed by atoms with Crippen molar-refractivity contribution in [2.24, 2.45) is 0 Å². The lowest BCUT2D eigenvalue weighted by Crippen LogP contribution is -2.49. The molecule has 0 aliphatic carbocycles. The van der Waals surface area contributed by atoms with Crippen molar-refractivity contribution in [1.29, 1.82) is 0 Å². The van der Waals surface area contributed by atoms with Crippen molar-refractivity contribution >= 4 is 16.7 Å². The van der Waals surface area contributed by atoms with E-state index in [0.29, 0.717) is 25.5 Å². The van der Waals surface area contributed by atoms with Gasteiger partial charge in [0, 0.05) is 45.8 Å². The van der Waals surface area contributed by atoms with Gasteiger partial charge in [0.1, 0.15) is 12.4 Å². The van der Waals surface area contributed by atoms with Gasteiger partial charge in [-0.05, 0) is 53.2 Å². The van der Waals surface area contributed by atoms with Crippen LogP contribution in [0.3, 0.4) is 0 Å². The summed E-state index contributed by atoms with van der Waals surface area (Å²) in [5.74, 6) is 1.28. The van der Waals surface area contributed by atoms with Gasteiger partial charge in [-0.15, -0.1) is 0 Å². The molecule has 0 atom stereocenters. The number of ether oxygens (including phenoxy) is 1. The number of hydrogen-bond acceptors (Lipinski definition) is 5. The number of benzene rings is 3. The molecule has 0 radical (unpaired) electrons. The molecule has 1 amide bonds. The highest BCUT2D eigenvalue weighted by Crippen LogP contribution is 2.21. The number of furan rings is 1. The Balaban J connectivity index is 1.08. The van der Waals surface area contributed by atoms with Gasteiger partial charge in [0.15, 0.2) is 5.76 Å². The predicted molar refractivity (Wildman–Crippen MR) is 142 cm³/mol. The number of fused-ring (bicyclic) bond motifs is 1. The van der Waals surface area contributed by atoms with Crippen molar-refractivity contribution in [3.63, 3.8) is 0 Å². The van der Waals surface area contributed by atoms with E-state index in [1.165, 1.54) is 21.9 Å². The van der Waals surface area contributed by atoms with Gasteiger partial charge in [-0.1, -0.05) is 54.6 Å². The molecular weight excluding hydrogens is 450 g/mol. The number of piperazine rings is 1. The molecule has 186 valence electrons. The molecule has 1 aromatic heterocycles. The smallest absolute Gasteiger partial charge is 0.289 e. The average molecular weight is 484 g/mol. The van der Waals surface area contributed by atoms with Crippen LogP contribution >= 0.6 is 0 Å². The van der Waals surface area contributed by atoms with E-state index in [1.807, 2.05) is 11.0 Å². The predicted octanol–water partition coefficient (Wildman–Crippen LogP) is 4.90. The van der Waals surface area contributed by atoms with E-state index in [-0.39, 0.29) is 5.91 Å². The van der Waals surface area contributed by atoms with E-state index < -0.39 is 0 Å². The minimum atomic E-state index is -0.0295. The third-order valence-electron chi connectivity index (χ3n) is 6.74. The molecule has 36 heavy (non-hydrogen) atoms. The lowest BCUT2D eigenvalue weighted by Gasteiger charge is -2.34. The van der Waals surface area contributed by atoms with Crippen molar-refractivity contribution in [3.05, 3.63) is 102 Å². The van der Waals surface area contributed by atoms with E-state index in [4.69, 9.17) is 9.15 Å². The zero-order valence-electron chi connectivity index (χ0n) is 20.8. The van der Waals surface area contributed by atoms with Gasteiger partial charge in [0.2, 0.25) is 0 Å². The number of carbonyl (C=O) groups is 1. The van der Waals surface area contributed by atoms with Crippen LogP contribution in [0.25, 0.3) is 10.8 Å². The first kappa shape index (κ1) is 24.1. The van der Waals surface area contributed by atoms with Gasteiger partial charge >= 0.3 is 0 Å². The molecular formula is C30H33N3O3. The van der Waals surface area contributed by atoms with Crippen molar-refractivity contribution in [1.82, 2.24) is 14.7 Å². The first-order valence-electron chi connectivity index (χ1n) is 12.6. The second-order valence-corrected chi connectivity index (χ2v) is 9.42. The van der Waals surface area contributed by atoms with Crippen molar-refractivity contribution in [2.45, 2.75) is 13.1 Å². The normalized spacial score (nSPS) is 14.4. The average Bonchev–Trinajstić information content (AvgIpc) is 3.44. The van der Waals surface area contributed by atoms with E-state index in [2.05, 4.69) is 77.5 Å². The summed E-state index contributed by atoms with van der Waals surface area (Å²) in [5, 5.41) is 2.60. The van der Waals surface area contributed by atoms with Crippen LogP contribution in [-0.2, 0) is 13.1 Å². The van der Waals surface area contributed by atoms with Crippen LogP contribution < -0.4 is 4.74 Å². The van der Waals surface area contributed by atoms with Gasteiger partial charge in [-0.25, -0.2) is 0 Å². The fraction of sp³-hybridized carbons (Fsp3) is 0.300. The fourth-order valence-corrected chi connectivity index (χ4v) is 4.85. The minimum absolute atomic E-state index is 0.0295. The first-order valence-corrected chi connectivity index (χ1v) is 12.6. The second kappa shape index (κ2) is 11.4. The van der Waals surface area contributed by atoms with Crippen LogP contribution in [0.5, 0.6) is 5.75 Å². The molecule has 6 nitrogen and oxygen atoms in total. The number of amides is 1. The summed E-state index contributed by atoms with van der Waals surface area (Å²) in [6.45, 7) is 6.31. The Morgan fingerprint density at radius 3 is 2.56 bits per heavy atom. The van der Waals surface area contributed by atoms with E-state index in [1.54, 1.807) is 18.4 Å². The van der Waals surface area contributed by atoms with Gasteiger partial charge in [-0.3, -0.25) is 14.6 Å². The molecule has 6 heteroatoms. The zero-order chi connectivity index (χ0) is 24.7. The molecule has 5 rings (SSSR count). The van der Waals surface area contributed by atoms with Gasteiger partial charge < -0.3 is 14.1 Å². The van der Waals surface area contributed by atoms with Crippen LogP contribution in [0, 0.1) is 0 Å². The molecule has 0 unspecified atom stereocenters. The maximum Gasteiger partial charge on any atom is 0.289 e. The lowest BCUT2D eigenvalue weighted by atomic mass is 10.0. The van der Waals surface area contributed by atoms with E-state index >= 15 is 0 Å². The fourth-order valence-electron chi connectivity index (χ4n) is 4.85. The maximum atomic E-state index is 12.4. The summed E-state index contributed by atoms with van der Waals surface area (Å²) >= 11 is 0. The Hall–Kier alpha value is -3.61. The molecule has 0 saturated carbocycles. The molecule has 0 N–H and O–H groups in total. The number of rotatable bonds is 9. The first-order chi connectivity index (χ1) is 17.7. The lowest BCUT2D eigenvalue weighted by molar-refractivity contribution is 0.0590. The van der Waals surface area contributed by atoms with Crippen molar-refractivity contribution in [3.8, 4) is 5.75 Å². The van der Waals surface area contributed by atoms with Crippen LogP contribution in [0.15, 0.2) is 89.5 Å². The van der Waals surface area contributed by atoms with Gasteiger partial charge in [0.25, 0.3) is 5.91 Å². The summed E-state index contributed by atoms with van der Waals surface area (Å²) in [6, 6.07) is 26.9. The molecule has 0 spiro atoms. The van der Waals surface area contributed by atoms with E-state index in [0.717, 1.165) is 38.5 Å². The summed E-state index contributed by atoms with van der Waals surface area (Å²) in [5.41, 5.74) is 2.58. The Bertz CT molecular complexity index is 1270. The Labute approximate surface area is 212 Å². The highest BCUT2D eigenvalue weighted by Gasteiger charge is 2.23. The van der Waals surface area contributed by atoms with Gasteiger partial charge in [-0.2, -0.15) is 0 Å². The van der Waals surface area contributed by atoms with Crippen LogP contribution in [0.1, 0.15) is 21.7 Å². The summed E-state index contributed by atoms with van der Waals surface area (Å²) in [4.78, 5) is 19.0. The molecule has 1 aliphatic rings. The highest BCUT2D eigenvalue weighted by molar-refractivity contribution is 5.91. The summed E-state index contributed by atoms with van der Waals surface area (Å²) in [6.07, 6.45) is 1.54. The SMILES string of the molecule is CN(Cc1cccc(OCCN2CCN(C(=O)c3ccco3)CC2)c1)Cc1cccc2ccccc12. The largest absolute Gasteiger partial charge is 0.492 e. The van der Waals surface area contributed by atoms with Crippen LogP contribution in [-0.4, -0.2) is 67.0 Å². The van der Waals surface area contributed by atoms with Crippen LogP contribution in [0.2, 0.25) is 0 Å². The maximum absolute atomic E-state index is 12.4. The second-order valence-electron chi connectivity index (χ2n) is 9.42. The summed E-state index contributed by atoms with van der Waals surface area (Å²) in [7, 11) is 2.16. The topological polar surface area (TPSA) is 49.2 Å². The van der Waals surface area contributed by atoms with Gasteiger partial charge in [0.05, 0.1) is 6.26 Å². The van der Waals surface area contributed by atoms with Crippen LogP contribution in [0.4, 0.5) is 0 Å². The standard InChI is InChI=1S/C30H33N3O3/c1-31(23-26-10-5-9-25-8-2-3-12-28(25)26)22-24-7-4-11-27(21-24)35-20-18-32-14-16-33(17-15-32)30(34)29-13-6-19-36-29/h2-13,19,21H,14-18,20,22-23H2,1H3. The molecule has 1 fully saturated rings. The third-order valence-corrected chi connectivity index (χ3v) is 6.74. The Morgan fingerprint density at radius 1 is 0.917 bits per heavy atom. The van der Waals surface area contributed by atoms with Crippen molar-refractivity contribution in [2.75, 3.05) is 46.4 Å². The van der Waals surface area contributed by atoms with Crippen molar-refractivity contribution < 1.29 is 13.9 Å². The number of hydrogen-bond donors (Lipinski definition) is 0. The Morgan fingerprint density at radius 2 is 1.72 bits per heavy atom. The molecule has 1 saturated heterocycles. The highest BCUT2D eigenvalue weighted by atomic mass is 16.5.